The number of carboxylic acid groups (broad SMARTS) is 1. The molecule has 4 heteroatoms. The van der Waals surface area contributed by atoms with Crippen molar-refractivity contribution >= 4 is 17.5 Å². The van der Waals surface area contributed by atoms with Crippen LogP contribution in [0.2, 0.25) is 0 Å². The van der Waals surface area contributed by atoms with Gasteiger partial charge in [-0.3, -0.25) is 14.4 Å². The van der Waals surface area contributed by atoms with Crippen molar-refractivity contribution < 1.29 is 19.5 Å². The van der Waals surface area contributed by atoms with Gasteiger partial charge in [-0.25, -0.2) is 0 Å². The highest BCUT2D eigenvalue weighted by Gasteiger charge is 2.20. The van der Waals surface area contributed by atoms with Crippen LogP contribution in [-0.2, 0) is 14.4 Å². The Balaban J connectivity index is 3.88. The second-order valence-corrected chi connectivity index (χ2v) is 4.01. The summed E-state index contributed by atoms with van der Waals surface area (Å²) < 4.78 is 0. The van der Waals surface area contributed by atoms with Crippen LogP contribution < -0.4 is 0 Å². The third-order valence-electron chi connectivity index (χ3n) is 2.56. The van der Waals surface area contributed by atoms with Crippen LogP contribution in [0, 0.1) is 5.92 Å². The molecule has 0 spiro atoms. The van der Waals surface area contributed by atoms with E-state index in [1.165, 1.54) is 0 Å². The summed E-state index contributed by atoms with van der Waals surface area (Å²) in [6.07, 6.45) is 2.69. The quantitative estimate of drug-likeness (QED) is 0.614. The Kier molecular flexibility index (Phi) is 7.42. The van der Waals surface area contributed by atoms with E-state index < -0.39 is 11.9 Å². The first-order valence-electron chi connectivity index (χ1n) is 5.76. The summed E-state index contributed by atoms with van der Waals surface area (Å²) in [6, 6.07) is 0. The van der Waals surface area contributed by atoms with Gasteiger partial charge >= 0.3 is 5.97 Å². The minimum Gasteiger partial charge on any atom is -0.481 e. The fraction of sp³-hybridized carbons (Fsp3) is 0.750. The maximum absolute atomic E-state index is 11.5. The van der Waals surface area contributed by atoms with Crippen molar-refractivity contribution in [2.75, 3.05) is 0 Å². The SMILES string of the molecule is CCCCC(=O)C(C)C(=O)CCCC(=O)O. The Morgan fingerprint density at radius 3 is 1.94 bits per heavy atom. The molecule has 0 rings (SSSR count). The second-order valence-electron chi connectivity index (χ2n) is 4.01. The van der Waals surface area contributed by atoms with Gasteiger partial charge < -0.3 is 5.11 Å². The first-order chi connectivity index (χ1) is 7.49. The van der Waals surface area contributed by atoms with E-state index in [2.05, 4.69) is 0 Å². The van der Waals surface area contributed by atoms with Crippen molar-refractivity contribution in [1.29, 1.82) is 0 Å². The fourth-order valence-electron chi connectivity index (χ4n) is 1.38. The molecule has 4 nitrogen and oxygen atoms in total. The zero-order chi connectivity index (χ0) is 12.6. The van der Waals surface area contributed by atoms with Crippen molar-refractivity contribution in [3.8, 4) is 0 Å². The zero-order valence-electron chi connectivity index (χ0n) is 9.99. The summed E-state index contributed by atoms with van der Waals surface area (Å²) in [5.74, 6) is -1.64. The normalized spacial score (nSPS) is 12.1. The molecule has 0 aliphatic rings. The molecular weight excluding hydrogens is 208 g/mol. The number of unbranched alkanes of at least 4 members (excludes halogenated alkanes) is 1. The highest BCUT2D eigenvalue weighted by atomic mass is 16.4. The molecule has 0 bridgehead atoms. The smallest absolute Gasteiger partial charge is 0.303 e. The minimum absolute atomic E-state index is 0.0123. The van der Waals surface area contributed by atoms with E-state index >= 15 is 0 Å². The average Bonchev–Trinajstić information content (AvgIpc) is 2.24. The maximum atomic E-state index is 11.5. The van der Waals surface area contributed by atoms with Crippen LogP contribution in [0.25, 0.3) is 0 Å². The first-order valence-corrected chi connectivity index (χ1v) is 5.76. The van der Waals surface area contributed by atoms with Crippen molar-refractivity contribution in [1.82, 2.24) is 0 Å². The highest BCUT2D eigenvalue weighted by molar-refractivity contribution is 6.01. The Hall–Kier alpha value is -1.19. The number of hydrogen-bond donors (Lipinski definition) is 1. The lowest BCUT2D eigenvalue weighted by Gasteiger charge is -2.08. The number of Topliss-reactive ketones (excluding diaryl/α,β-unsaturated/α-hetero) is 2. The van der Waals surface area contributed by atoms with Crippen molar-refractivity contribution in [2.45, 2.75) is 52.4 Å². The van der Waals surface area contributed by atoms with E-state index in [4.69, 9.17) is 5.11 Å². The zero-order valence-corrected chi connectivity index (χ0v) is 9.99. The standard InChI is InChI=1S/C12H20O4/c1-3-4-6-10(13)9(2)11(14)7-5-8-12(15)16/h9H,3-8H2,1-2H3,(H,15,16). The van der Waals surface area contributed by atoms with Gasteiger partial charge in [0.1, 0.15) is 11.6 Å². The number of carboxylic acids is 1. The van der Waals surface area contributed by atoms with Gasteiger partial charge in [-0.2, -0.15) is 0 Å². The molecule has 0 amide bonds. The van der Waals surface area contributed by atoms with Crippen LogP contribution in [0.5, 0.6) is 0 Å². The number of carbonyl (C=O) groups excluding carboxylic acids is 2. The van der Waals surface area contributed by atoms with Crippen LogP contribution >= 0.6 is 0 Å². The van der Waals surface area contributed by atoms with Crippen LogP contribution in [0.1, 0.15) is 52.4 Å². The van der Waals surface area contributed by atoms with Gasteiger partial charge in [-0.05, 0) is 19.8 Å². The fourth-order valence-corrected chi connectivity index (χ4v) is 1.38. The third kappa shape index (κ3) is 6.32. The average molecular weight is 228 g/mol. The van der Waals surface area contributed by atoms with E-state index in [1.54, 1.807) is 6.92 Å². The van der Waals surface area contributed by atoms with Gasteiger partial charge in [0.15, 0.2) is 0 Å². The molecule has 0 heterocycles. The molecule has 1 N–H and O–H groups in total. The Bertz CT molecular complexity index is 258. The van der Waals surface area contributed by atoms with Gasteiger partial charge in [0.25, 0.3) is 0 Å². The van der Waals surface area contributed by atoms with Gasteiger partial charge in [-0.1, -0.05) is 13.3 Å². The molecule has 16 heavy (non-hydrogen) atoms. The lowest BCUT2D eigenvalue weighted by molar-refractivity contribution is -0.137. The molecule has 0 fully saturated rings. The summed E-state index contributed by atoms with van der Waals surface area (Å²) in [4.78, 5) is 33.3. The van der Waals surface area contributed by atoms with Crippen LogP contribution in [0.3, 0.4) is 0 Å². The van der Waals surface area contributed by atoms with Gasteiger partial charge in [0.05, 0.1) is 5.92 Å². The molecule has 0 aromatic rings. The number of rotatable bonds is 9. The lowest BCUT2D eigenvalue weighted by atomic mass is 9.94. The van der Waals surface area contributed by atoms with Crippen LogP contribution in [-0.4, -0.2) is 22.6 Å². The highest BCUT2D eigenvalue weighted by Crippen LogP contribution is 2.10. The third-order valence-corrected chi connectivity index (χ3v) is 2.56. The van der Waals surface area contributed by atoms with E-state index in [1.807, 2.05) is 6.92 Å². The first kappa shape index (κ1) is 14.8. The molecule has 0 aliphatic heterocycles. The second kappa shape index (κ2) is 8.02. The van der Waals surface area contributed by atoms with Gasteiger partial charge in [-0.15, -0.1) is 0 Å². The molecule has 1 unspecified atom stereocenters. The topological polar surface area (TPSA) is 71.4 Å². The maximum Gasteiger partial charge on any atom is 0.303 e. The van der Waals surface area contributed by atoms with E-state index in [9.17, 15) is 14.4 Å². The molecule has 0 aromatic carbocycles. The summed E-state index contributed by atoms with van der Waals surface area (Å²) in [5, 5.41) is 8.41. The predicted molar refractivity (Wildman–Crippen MR) is 60.2 cm³/mol. The Labute approximate surface area is 96.0 Å². The van der Waals surface area contributed by atoms with Crippen LogP contribution in [0.4, 0.5) is 0 Å². The van der Waals surface area contributed by atoms with E-state index in [-0.39, 0.29) is 24.4 Å². The molecule has 1 atom stereocenters. The largest absolute Gasteiger partial charge is 0.481 e. The summed E-state index contributed by atoms with van der Waals surface area (Å²) in [5.41, 5.74) is 0. The Morgan fingerprint density at radius 1 is 1.00 bits per heavy atom. The molecular formula is C12H20O4. The lowest BCUT2D eigenvalue weighted by Crippen LogP contribution is -2.21. The van der Waals surface area contributed by atoms with Gasteiger partial charge in [0, 0.05) is 19.3 Å². The molecule has 0 aliphatic carbocycles. The van der Waals surface area contributed by atoms with Crippen molar-refractivity contribution in [3.63, 3.8) is 0 Å². The van der Waals surface area contributed by atoms with Gasteiger partial charge in [0.2, 0.25) is 0 Å². The van der Waals surface area contributed by atoms with Crippen molar-refractivity contribution in [3.05, 3.63) is 0 Å². The summed E-state index contributed by atoms with van der Waals surface area (Å²) in [7, 11) is 0. The van der Waals surface area contributed by atoms with E-state index in [0.717, 1.165) is 12.8 Å². The minimum atomic E-state index is -0.905. The van der Waals surface area contributed by atoms with Crippen molar-refractivity contribution in [2.24, 2.45) is 5.92 Å². The number of hydrogen-bond acceptors (Lipinski definition) is 3. The summed E-state index contributed by atoms with van der Waals surface area (Å²) in [6.45, 7) is 3.60. The van der Waals surface area contributed by atoms with Crippen LogP contribution in [0.15, 0.2) is 0 Å². The molecule has 0 radical (unpaired) electrons. The van der Waals surface area contributed by atoms with E-state index in [0.29, 0.717) is 12.8 Å². The number of ketones is 2. The Morgan fingerprint density at radius 2 is 1.50 bits per heavy atom. The molecule has 92 valence electrons. The number of aliphatic carboxylic acids is 1. The summed E-state index contributed by atoms with van der Waals surface area (Å²) >= 11 is 0. The molecule has 0 saturated heterocycles. The number of carbonyl (C=O) groups is 3. The molecule has 0 aromatic heterocycles. The predicted octanol–water partition coefficient (Wildman–Crippen LogP) is 2.21. The monoisotopic (exact) mass is 228 g/mol. The molecule has 0 saturated carbocycles.